The molecule has 0 spiro atoms. The summed E-state index contributed by atoms with van der Waals surface area (Å²) in [5, 5.41) is 13.6. The summed E-state index contributed by atoms with van der Waals surface area (Å²) >= 11 is 0. The first-order chi connectivity index (χ1) is 10.3. The van der Waals surface area contributed by atoms with Gasteiger partial charge in [0.05, 0.1) is 19.8 Å². The zero-order chi connectivity index (χ0) is 14.7. The number of hydrogen-bond donors (Lipinski definition) is 3. The molecular formula is C17H24N2O2. The van der Waals surface area contributed by atoms with E-state index in [2.05, 4.69) is 35.4 Å². The summed E-state index contributed by atoms with van der Waals surface area (Å²) in [5.74, 6) is 0. The summed E-state index contributed by atoms with van der Waals surface area (Å²) in [6, 6.07) is 7.17. The molecule has 4 nitrogen and oxygen atoms in total. The fourth-order valence-electron chi connectivity index (χ4n) is 3.21. The minimum atomic E-state index is 0.0987. The normalized spacial score (nSPS) is 18.1. The molecule has 114 valence electrons. The Morgan fingerprint density at radius 1 is 1.38 bits per heavy atom. The van der Waals surface area contributed by atoms with Crippen LogP contribution in [0.25, 0.3) is 10.9 Å². The number of aliphatic hydroxyl groups is 1. The maximum atomic E-state index is 8.67. The molecule has 0 saturated heterocycles. The van der Waals surface area contributed by atoms with E-state index in [4.69, 9.17) is 9.84 Å². The van der Waals surface area contributed by atoms with Gasteiger partial charge in [0, 0.05) is 29.2 Å². The topological polar surface area (TPSA) is 57.3 Å². The smallest absolute Gasteiger partial charge is 0.0698 e. The average Bonchev–Trinajstić information content (AvgIpc) is 2.84. The largest absolute Gasteiger partial charge is 0.394 e. The lowest BCUT2D eigenvalue weighted by Crippen LogP contribution is -2.36. The van der Waals surface area contributed by atoms with E-state index in [1.165, 1.54) is 34.1 Å². The highest BCUT2D eigenvalue weighted by Crippen LogP contribution is 2.29. The van der Waals surface area contributed by atoms with E-state index in [1.807, 2.05) is 0 Å². The molecule has 1 aromatic heterocycles. The number of aromatic amines is 1. The van der Waals surface area contributed by atoms with Crippen molar-refractivity contribution in [2.45, 2.75) is 32.2 Å². The molecule has 3 N–H and O–H groups in total. The van der Waals surface area contributed by atoms with Crippen LogP contribution in [0.4, 0.5) is 0 Å². The summed E-state index contributed by atoms with van der Waals surface area (Å²) < 4.78 is 5.30. The van der Waals surface area contributed by atoms with Crippen LogP contribution in [-0.4, -0.2) is 42.5 Å². The number of benzene rings is 1. The molecule has 0 amide bonds. The molecule has 0 fully saturated rings. The van der Waals surface area contributed by atoms with Crippen LogP contribution in [0.1, 0.15) is 23.2 Å². The van der Waals surface area contributed by atoms with E-state index >= 15 is 0 Å². The zero-order valence-electron chi connectivity index (χ0n) is 12.6. The maximum Gasteiger partial charge on any atom is 0.0698 e. The molecule has 1 aliphatic rings. The van der Waals surface area contributed by atoms with Gasteiger partial charge in [-0.1, -0.05) is 11.6 Å². The fourth-order valence-corrected chi connectivity index (χ4v) is 3.21. The number of rotatable bonds is 6. The van der Waals surface area contributed by atoms with Crippen LogP contribution < -0.4 is 5.32 Å². The molecule has 21 heavy (non-hydrogen) atoms. The van der Waals surface area contributed by atoms with E-state index in [9.17, 15) is 0 Å². The predicted molar refractivity (Wildman–Crippen MR) is 84.8 cm³/mol. The van der Waals surface area contributed by atoms with Crippen LogP contribution in [0.3, 0.4) is 0 Å². The monoisotopic (exact) mass is 288 g/mol. The first kappa shape index (κ1) is 14.6. The number of hydrogen-bond acceptors (Lipinski definition) is 3. The third-order valence-electron chi connectivity index (χ3n) is 4.26. The lowest BCUT2D eigenvalue weighted by molar-refractivity contribution is 0.0923. The number of aryl methyl sites for hydroxylation is 2. The molecule has 1 aliphatic carbocycles. The Balaban J connectivity index is 1.64. The Hall–Kier alpha value is -1.36. The van der Waals surface area contributed by atoms with Gasteiger partial charge in [-0.3, -0.25) is 0 Å². The lowest BCUT2D eigenvalue weighted by Gasteiger charge is -2.23. The Kier molecular flexibility index (Phi) is 4.58. The summed E-state index contributed by atoms with van der Waals surface area (Å²) in [4.78, 5) is 3.57. The van der Waals surface area contributed by atoms with Crippen LogP contribution in [0.5, 0.6) is 0 Å². The molecule has 1 unspecified atom stereocenters. The van der Waals surface area contributed by atoms with Crippen molar-refractivity contribution >= 4 is 10.9 Å². The molecule has 1 heterocycles. The third-order valence-corrected chi connectivity index (χ3v) is 4.26. The minimum absolute atomic E-state index is 0.0987. The van der Waals surface area contributed by atoms with Gasteiger partial charge in [0.2, 0.25) is 0 Å². The van der Waals surface area contributed by atoms with Gasteiger partial charge in [-0.15, -0.1) is 0 Å². The number of aliphatic hydroxyl groups excluding tert-OH is 1. The Bertz CT molecular complexity index is 606. The molecule has 0 aliphatic heterocycles. The van der Waals surface area contributed by atoms with Crippen LogP contribution in [0.15, 0.2) is 18.2 Å². The number of fused-ring (bicyclic) bond motifs is 3. The SMILES string of the molecule is Cc1ccc2[nH]c3c(c2c1)CC(NCCOCCO)CC3. The van der Waals surface area contributed by atoms with Gasteiger partial charge in [-0.05, 0) is 43.9 Å². The van der Waals surface area contributed by atoms with Crippen LogP contribution in [-0.2, 0) is 17.6 Å². The Morgan fingerprint density at radius 2 is 2.29 bits per heavy atom. The summed E-state index contributed by atoms with van der Waals surface area (Å²) in [7, 11) is 0. The predicted octanol–water partition coefficient (Wildman–Crippen LogP) is 1.93. The Morgan fingerprint density at radius 3 is 3.14 bits per heavy atom. The first-order valence-electron chi connectivity index (χ1n) is 7.80. The van der Waals surface area contributed by atoms with Gasteiger partial charge in [0.1, 0.15) is 0 Å². The number of ether oxygens (including phenoxy) is 1. The second-order valence-corrected chi connectivity index (χ2v) is 5.86. The maximum absolute atomic E-state index is 8.67. The number of nitrogens with one attached hydrogen (secondary N) is 2. The van der Waals surface area contributed by atoms with Crippen molar-refractivity contribution in [2.24, 2.45) is 0 Å². The number of H-pyrrole nitrogens is 1. The van der Waals surface area contributed by atoms with Crippen molar-refractivity contribution in [1.29, 1.82) is 0 Å². The number of aromatic nitrogens is 1. The summed E-state index contributed by atoms with van der Waals surface area (Å²) in [5.41, 5.74) is 5.47. The molecule has 2 aromatic rings. The van der Waals surface area contributed by atoms with Crippen molar-refractivity contribution < 1.29 is 9.84 Å². The molecule has 0 radical (unpaired) electrons. The summed E-state index contributed by atoms with van der Waals surface area (Å²) in [6.07, 6.45) is 3.36. The molecule has 0 saturated carbocycles. The highest BCUT2D eigenvalue weighted by Gasteiger charge is 2.21. The van der Waals surface area contributed by atoms with Crippen molar-refractivity contribution in [3.63, 3.8) is 0 Å². The standard InChI is InChI=1S/C17H24N2O2/c1-12-2-4-16-14(10-12)15-11-13(3-5-17(15)19-16)18-6-8-21-9-7-20/h2,4,10,13,18-20H,3,5-9,11H2,1H3. The lowest BCUT2D eigenvalue weighted by atomic mass is 9.91. The van der Waals surface area contributed by atoms with Gasteiger partial charge >= 0.3 is 0 Å². The zero-order valence-corrected chi connectivity index (χ0v) is 12.6. The fraction of sp³-hybridized carbons (Fsp3) is 0.529. The van der Waals surface area contributed by atoms with Crippen LogP contribution in [0, 0.1) is 6.92 Å². The van der Waals surface area contributed by atoms with E-state index in [1.54, 1.807) is 0 Å². The van der Waals surface area contributed by atoms with Crippen molar-refractivity contribution in [1.82, 2.24) is 10.3 Å². The molecule has 1 atom stereocenters. The van der Waals surface area contributed by atoms with E-state index in [0.29, 0.717) is 19.3 Å². The molecule has 3 rings (SSSR count). The summed E-state index contributed by atoms with van der Waals surface area (Å²) in [6.45, 7) is 4.19. The molecule has 1 aromatic carbocycles. The quantitative estimate of drug-likeness (QED) is 0.712. The van der Waals surface area contributed by atoms with Crippen molar-refractivity contribution in [3.8, 4) is 0 Å². The highest BCUT2D eigenvalue weighted by molar-refractivity contribution is 5.85. The van der Waals surface area contributed by atoms with Crippen molar-refractivity contribution in [3.05, 3.63) is 35.0 Å². The first-order valence-corrected chi connectivity index (χ1v) is 7.80. The second kappa shape index (κ2) is 6.60. The van der Waals surface area contributed by atoms with Crippen molar-refractivity contribution in [2.75, 3.05) is 26.4 Å². The van der Waals surface area contributed by atoms with Gasteiger partial charge in [0.25, 0.3) is 0 Å². The van der Waals surface area contributed by atoms with E-state index in [-0.39, 0.29) is 6.61 Å². The van der Waals surface area contributed by atoms with E-state index < -0.39 is 0 Å². The van der Waals surface area contributed by atoms with E-state index in [0.717, 1.165) is 19.4 Å². The average molecular weight is 288 g/mol. The Labute approximate surface area is 125 Å². The van der Waals surface area contributed by atoms with Gasteiger partial charge < -0.3 is 20.1 Å². The third kappa shape index (κ3) is 3.28. The van der Waals surface area contributed by atoms with Crippen LogP contribution in [0.2, 0.25) is 0 Å². The van der Waals surface area contributed by atoms with Gasteiger partial charge in [0.15, 0.2) is 0 Å². The second-order valence-electron chi connectivity index (χ2n) is 5.86. The van der Waals surface area contributed by atoms with Gasteiger partial charge in [-0.2, -0.15) is 0 Å². The molecule has 4 heteroatoms. The molecular weight excluding hydrogens is 264 g/mol. The minimum Gasteiger partial charge on any atom is -0.394 e. The molecule has 0 bridgehead atoms. The van der Waals surface area contributed by atoms with Crippen LogP contribution >= 0.6 is 0 Å². The highest BCUT2D eigenvalue weighted by atomic mass is 16.5. The van der Waals surface area contributed by atoms with Gasteiger partial charge in [-0.25, -0.2) is 0 Å².